The Balaban J connectivity index is 1.42. The van der Waals surface area contributed by atoms with E-state index in [2.05, 4.69) is 161 Å². The zero-order valence-electron chi connectivity index (χ0n) is 22.8. The van der Waals surface area contributed by atoms with Crippen molar-refractivity contribution in [2.24, 2.45) is 0 Å². The van der Waals surface area contributed by atoms with Gasteiger partial charge in [-0.2, -0.15) is 0 Å². The first-order valence-corrected chi connectivity index (χ1v) is 14.3. The van der Waals surface area contributed by atoms with Crippen molar-refractivity contribution in [1.82, 2.24) is 14.1 Å². The van der Waals surface area contributed by atoms with Gasteiger partial charge >= 0.3 is 0 Å². The lowest BCUT2D eigenvalue weighted by Gasteiger charge is -2.12. The number of hydrogen-bond acceptors (Lipinski definition) is 1. The van der Waals surface area contributed by atoms with Crippen LogP contribution in [-0.2, 0) is 0 Å². The van der Waals surface area contributed by atoms with Crippen LogP contribution in [0.3, 0.4) is 0 Å². The number of rotatable bonds is 3. The molecule has 0 saturated carbocycles. The van der Waals surface area contributed by atoms with Gasteiger partial charge in [-0.3, -0.25) is 4.57 Å². The largest absolute Gasteiger partial charge is 0.309 e. The van der Waals surface area contributed by atoms with Gasteiger partial charge in [0.2, 0.25) is 0 Å². The molecule has 196 valence electrons. The summed E-state index contributed by atoms with van der Waals surface area (Å²) in [6.45, 7) is 0. The van der Waals surface area contributed by atoms with Gasteiger partial charge in [0.05, 0.1) is 27.8 Å². The van der Waals surface area contributed by atoms with E-state index in [1.807, 2.05) is 0 Å². The molecule has 2 aromatic heterocycles. The molecule has 0 aliphatic heterocycles. The molecule has 2 heterocycles. The summed E-state index contributed by atoms with van der Waals surface area (Å²) in [5, 5.41) is 7.41. The van der Waals surface area contributed by atoms with Crippen molar-refractivity contribution in [1.29, 1.82) is 0 Å². The minimum absolute atomic E-state index is 0.946. The Bertz CT molecular complexity index is 2440. The lowest BCUT2D eigenvalue weighted by atomic mass is 10.0. The molecule has 0 aliphatic carbocycles. The molecule has 0 aliphatic rings. The number of benzene rings is 7. The van der Waals surface area contributed by atoms with Crippen molar-refractivity contribution < 1.29 is 0 Å². The van der Waals surface area contributed by atoms with Crippen molar-refractivity contribution in [3.05, 3.63) is 152 Å². The van der Waals surface area contributed by atoms with Crippen molar-refractivity contribution in [2.45, 2.75) is 0 Å². The van der Waals surface area contributed by atoms with Crippen LogP contribution < -0.4 is 0 Å². The molecule has 0 fully saturated rings. The third-order valence-electron chi connectivity index (χ3n) is 8.48. The highest BCUT2D eigenvalue weighted by atomic mass is 15.1. The molecule has 0 radical (unpaired) electrons. The molecule has 0 unspecified atom stereocenters. The lowest BCUT2D eigenvalue weighted by Crippen LogP contribution is -1.97. The van der Waals surface area contributed by atoms with Crippen LogP contribution in [-0.4, -0.2) is 14.1 Å². The highest BCUT2D eigenvalue weighted by Crippen LogP contribution is 2.40. The average molecular weight is 536 g/mol. The SMILES string of the molecule is c1ccc(-c2nc3cc4ccc5c(c4cc3n2-c2ccccc2)c2ccccc2n5-c2cccc3ccccc23)cc1. The summed E-state index contributed by atoms with van der Waals surface area (Å²) in [6.07, 6.45) is 0. The minimum Gasteiger partial charge on any atom is -0.309 e. The van der Waals surface area contributed by atoms with Crippen LogP contribution >= 0.6 is 0 Å². The third-order valence-corrected chi connectivity index (χ3v) is 8.48. The van der Waals surface area contributed by atoms with Gasteiger partial charge in [0.1, 0.15) is 5.82 Å². The first-order valence-electron chi connectivity index (χ1n) is 14.3. The van der Waals surface area contributed by atoms with Crippen LogP contribution in [0.1, 0.15) is 0 Å². The van der Waals surface area contributed by atoms with E-state index >= 15 is 0 Å². The third kappa shape index (κ3) is 3.31. The second-order valence-corrected chi connectivity index (χ2v) is 10.8. The Kier molecular flexibility index (Phi) is 4.90. The molecule has 3 heteroatoms. The van der Waals surface area contributed by atoms with Gasteiger partial charge in [0, 0.05) is 27.4 Å². The summed E-state index contributed by atoms with van der Waals surface area (Å²) in [5.41, 5.74) is 7.89. The summed E-state index contributed by atoms with van der Waals surface area (Å²) in [7, 11) is 0. The van der Waals surface area contributed by atoms with Crippen LogP contribution in [0.2, 0.25) is 0 Å². The van der Waals surface area contributed by atoms with Gasteiger partial charge in [-0.05, 0) is 58.6 Å². The van der Waals surface area contributed by atoms with Crippen LogP contribution in [0.15, 0.2) is 152 Å². The summed E-state index contributed by atoms with van der Waals surface area (Å²) in [6, 6.07) is 54.2. The molecule has 0 spiro atoms. The van der Waals surface area contributed by atoms with E-state index in [1.54, 1.807) is 0 Å². The minimum atomic E-state index is 0.946. The normalized spacial score (nSPS) is 11.8. The fourth-order valence-corrected chi connectivity index (χ4v) is 6.65. The standard InChI is InChI=1S/C39H25N3/c1-3-13-27(14-4-1)39-40-33-24-28-22-23-36-38(32(28)25-37(33)41(39)29-16-5-2-6-17-29)31-19-9-10-20-35(31)42(36)34-21-11-15-26-12-7-8-18-30(26)34/h1-25H. The maximum Gasteiger partial charge on any atom is 0.145 e. The molecule has 0 bridgehead atoms. The quantitative estimate of drug-likeness (QED) is 0.221. The number of imidazole rings is 1. The topological polar surface area (TPSA) is 22.8 Å². The fourth-order valence-electron chi connectivity index (χ4n) is 6.65. The Morgan fingerprint density at radius 1 is 0.429 bits per heavy atom. The zero-order chi connectivity index (χ0) is 27.6. The van der Waals surface area contributed by atoms with E-state index in [1.165, 1.54) is 49.0 Å². The maximum atomic E-state index is 5.20. The predicted octanol–water partition coefficient (Wildman–Crippen LogP) is 10.1. The van der Waals surface area contributed by atoms with Crippen LogP contribution in [0.25, 0.3) is 77.1 Å². The number of fused-ring (bicyclic) bond motifs is 7. The average Bonchev–Trinajstić information content (AvgIpc) is 3.60. The van der Waals surface area contributed by atoms with E-state index in [9.17, 15) is 0 Å². The molecule has 0 N–H and O–H groups in total. The first kappa shape index (κ1) is 23.1. The smallest absolute Gasteiger partial charge is 0.145 e. The van der Waals surface area contributed by atoms with E-state index in [-0.39, 0.29) is 0 Å². The van der Waals surface area contributed by atoms with Gasteiger partial charge in [-0.15, -0.1) is 0 Å². The predicted molar refractivity (Wildman–Crippen MR) is 176 cm³/mol. The maximum absolute atomic E-state index is 5.20. The molecule has 9 aromatic rings. The molecule has 9 rings (SSSR count). The fraction of sp³-hybridized carbons (Fsp3) is 0. The van der Waals surface area contributed by atoms with Gasteiger partial charge in [0.15, 0.2) is 0 Å². The van der Waals surface area contributed by atoms with Crippen molar-refractivity contribution in [3.63, 3.8) is 0 Å². The van der Waals surface area contributed by atoms with Crippen LogP contribution in [0.4, 0.5) is 0 Å². The molecule has 3 nitrogen and oxygen atoms in total. The van der Waals surface area contributed by atoms with Gasteiger partial charge in [-0.25, -0.2) is 4.98 Å². The molecular formula is C39H25N3. The summed E-state index contributed by atoms with van der Waals surface area (Å²) < 4.78 is 4.73. The van der Waals surface area contributed by atoms with Gasteiger partial charge in [-0.1, -0.05) is 109 Å². The molecule has 0 amide bonds. The van der Waals surface area contributed by atoms with E-state index in [0.717, 1.165) is 28.1 Å². The number of nitrogens with zero attached hydrogens (tertiary/aromatic N) is 3. The van der Waals surface area contributed by atoms with Crippen molar-refractivity contribution in [2.75, 3.05) is 0 Å². The lowest BCUT2D eigenvalue weighted by molar-refractivity contribution is 1.10. The Hall–Kier alpha value is -5.67. The monoisotopic (exact) mass is 535 g/mol. The molecular weight excluding hydrogens is 510 g/mol. The molecule has 0 atom stereocenters. The highest BCUT2D eigenvalue weighted by molar-refractivity contribution is 6.23. The summed E-state index contributed by atoms with van der Waals surface area (Å²) in [5.74, 6) is 0.946. The molecule has 0 saturated heterocycles. The Labute approximate surface area is 242 Å². The van der Waals surface area contributed by atoms with Crippen LogP contribution in [0.5, 0.6) is 0 Å². The first-order chi connectivity index (χ1) is 20.8. The van der Waals surface area contributed by atoms with Gasteiger partial charge < -0.3 is 4.57 Å². The second-order valence-electron chi connectivity index (χ2n) is 10.8. The van der Waals surface area contributed by atoms with Crippen molar-refractivity contribution >= 4 is 54.4 Å². The van der Waals surface area contributed by atoms with E-state index in [0.29, 0.717) is 0 Å². The van der Waals surface area contributed by atoms with E-state index in [4.69, 9.17) is 4.98 Å². The number of aromatic nitrogens is 3. The summed E-state index contributed by atoms with van der Waals surface area (Å²) >= 11 is 0. The van der Waals surface area contributed by atoms with Crippen LogP contribution in [0, 0.1) is 0 Å². The number of para-hydroxylation sites is 2. The van der Waals surface area contributed by atoms with E-state index < -0.39 is 0 Å². The molecule has 7 aromatic carbocycles. The molecule has 42 heavy (non-hydrogen) atoms. The number of hydrogen-bond donors (Lipinski definition) is 0. The summed E-state index contributed by atoms with van der Waals surface area (Å²) in [4.78, 5) is 5.20. The second kappa shape index (κ2) is 8.92. The Morgan fingerprint density at radius 3 is 2.00 bits per heavy atom. The van der Waals surface area contributed by atoms with Gasteiger partial charge in [0.25, 0.3) is 0 Å². The zero-order valence-corrected chi connectivity index (χ0v) is 22.8. The highest BCUT2D eigenvalue weighted by Gasteiger charge is 2.19. The Morgan fingerprint density at radius 2 is 1.14 bits per heavy atom. The van der Waals surface area contributed by atoms with Crippen molar-refractivity contribution in [3.8, 4) is 22.8 Å².